The Bertz CT molecular complexity index is 1100. The molecule has 0 unspecified atom stereocenters. The predicted octanol–water partition coefficient (Wildman–Crippen LogP) is 2.35. The molecule has 0 saturated carbocycles. The SMILES string of the molecule is CCNC(=O)c1cc2ccc(C3=CCCN(C(=O)CCn4ccnn4)C3)c(F)c2[nH]1. The van der Waals surface area contributed by atoms with E-state index in [-0.39, 0.29) is 11.8 Å². The van der Waals surface area contributed by atoms with Crippen LogP contribution in [-0.2, 0) is 11.3 Å². The van der Waals surface area contributed by atoms with E-state index >= 15 is 4.39 Å². The molecule has 9 heteroatoms. The molecule has 1 aliphatic rings. The van der Waals surface area contributed by atoms with Gasteiger partial charge < -0.3 is 15.2 Å². The van der Waals surface area contributed by atoms with Crippen molar-refractivity contribution in [3.05, 3.63) is 53.7 Å². The molecule has 0 aliphatic carbocycles. The van der Waals surface area contributed by atoms with Crippen molar-refractivity contribution in [3.8, 4) is 0 Å². The lowest BCUT2D eigenvalue weighted by Gasteiger charge is -2.28. The van der Waals surface area contributed by atoms with Crippen LogP contribution in [0.1, 0.15) is 35.8 Å². The molecule has 4 rings (SSSR count). The molecule has 0 spiro atoms. The Morgan fingerprint density at radius 1 is 1.33 bits per heavy atom. The van der Waals surface area contributed by atoms with Gasteiger partial charge in [0.2, 0.25) is 5.91 Å². The number of aryl methyl sites for hydroxylation is 1. The first-order valence-corrected chi connectivity index (χ1v) is 9.97. The quantitative estimate of drug-likeness (QED) is 0.652. The zero-order valence-electron chi connectivity index (χ0n) is 16.7. The topological polar surface area (TPSA) is 95.9 Å². The molecule has 0 radical (unpaired) electrons. The number of carbonyl (C=O) groups is 2. The minimum Gasteiger partial charge on any atom is -0.351 e. The summed E-state index contributed by atoms with van der Waals surface area (Å²) in [4.78, 5) is 29.3. The van der Waals surface area contributed by atoms with Gasteiger partial charge in [-0.3, -0.25) is 14.3 Å². The fraction of sp³-hybridized carbons (Fsp3) is 0.333. The summed E-state index contributed by atoms with van der Waals surface area (Å²) in [7, 11) is 0. The number of hydrogen-bond donors (Lipinski definition) is 2. The number of amides is 2. The second-order valence-corrected chi connectivity index (χ2v) is 7.18. The molecular weight excluding hydrogens is 387 g/mol. The number of nitrogens with zero attached hydrogens (tertiary/aromatic N) is 4. The predicted molar refractivity (Wildman–Crippen MR) is 110 cm³/mol. The number of hydrogen-bond acceptors (Lipinski definition) is 4. The van der Waals surface area contributed by atoms with Crippen LogP contribution < -0.4 is 5.32 Å². The standard InChI is InChI=1S/C21H23FN6O2/c1-2-23-21(30)17-12-14-5-6-16(19(22)20(14)25-17)15-4-3-9-27(13-15)18(29)7-10-28-11-8-24-26-28/h4-6,8,11-12,25H,2-3,7,9-10,13H2,1H3,(H,23,30). The van der Waals surface area contributed by atoms with Crippen LogP contribution in [0.5, 0.6) is 0 Å². The maximum Gasteiger partial charge on any atom is 0.267 e. The Kier molecular flexibility index (Phi) is 5.60. The molecule has 0 fully saturated rings. The highest BCUT2D eigenvalue weighted by Gasteiger charge is 2.22. The largest absolute Gasteiger partial charge is 0.351 e. The highest BCUT2D eigenvalue weighted by atomic mass is 19.1. The maximum absolute atomic E-state index is 15.3. The first kappa shape index (κ1) is 19.8. The third kappa shape index (κ3) is 3.96. The third-order valence-electron chi connectivity index (χ3n) is 5.19. The van der Waals surface area contributed by atoms with Crippen molar-refractivity contribution >= 4 is 28.3 Å². The van der Waals surface area contributed by atoms with E-state index in [9.17, 15) is 9.59 Å². The van der Waals surface area contributed by atoms with E-state index in [0.717, 1.165) is 5.57 Å². The van der Waals surface area contributed by atoms with Crippen molar-refractivity contribution < 1.29 is 14.0 Å². The Balaban J connectivity index is 1.51. The van der Waals surface area contributed by atoms with Crippen LogP contribution in [0.4, 0.5) is 4.39 Å². The average molecular weight is 410 g/mol. The second kappa shape index (κ2) is 8.48. The van der Waals surface area contributed by atoms with Crippen LogP contribution in [0.25, 0.3) is 16.5 Å². The summed E-state index contributed by atoms with van der Waals surface area (Å²) in [6, 6.07) is 5.14. The molecule has 0 saturated heterocycles. The number of benzene rings is 1. The second-order valence-electron chi connectivity index (χ2n) is 7.18. The number of carbonyl (C=O) groups excluding carboxylic acids is 2. The van der Waals surface area contributed by atoms with Crippen LogP contribution in [0, 0.1) is 5.82 Å². The number of H-pyrrole nitrogens is 1. The van der Waals surface area contributed by atoms with Crippen LogP contribution in [-0.4, -0.2) is 56.3 Å². The Morgan fingerprint density at radius 2 is 2.20 bits per heavy atom. The first-order chi connectivity index (χ1) is 14.6. The molecule has 3 heterocycles. The summed E-state index contributed by atoms with van der Waals surface area (Å²) in [6.45, 7) is 3.74. The highest BCUT2D eigenvalue weighted by molar-refractivity contribution is 5.98. The zero-order valence-corrected chi connectivity index (χ0v) is 16.7. The van der Waals surface area contributed by atoms with Gasteiger partial charge in [0.15, 0.2) is 5.82 Å². The molecule has 2 N–H and O–H groups in total. The minimum absolute atomic E-state index is 0.00372. The summed E-state index contributed by atoms with van der Waals surface area (Å²) in [5, 5.41) is 10.9. The fourth-order valence-electron chi connectivity index (χ4n) is 3.66. The van der Waals surface area contributed by atoms with E-state index in [4.69, 9.17) is 0 Å². The molecule has 30 heavy (non-hydrogen) atoms. The average Bonchev–Trinajstić information content (AvgIpc) is 3.43. The van der Waals surface area contributed by atoms with E-state index in [1.54, 1.807) is 40.2 Å². The van der Waals surface area contributed by atoms with Gasteiger partial charge in [-0.1, -0.05) is 23.4 Å². The number of nitrogens with one attached hydrogen (secondary N) is 2. The van der Waals surface area contributed by atoms with Gasteiger partial charge >= 0.3 is 0 Å². The van der Waals surface area contributed by atoms with Crippen molar-refractivity contribution in [2.24, 2.45) is 0 Å². The Hall–Kier alpha value is -3.49. The Labute approximate surface area is 172 Å². The molecule has 3 aromatic rings. The number of fused-ring (bicyclic) bond motifs is 1. The number of halogens is 1. The number of rotatable bonds is 6. The van der Waals surface area contributed by atoms with Gasteiger partial charge in [-0.15, -0.1) is 5.10 Å². The minimum atomic E-state index is -0.411. The zero-order chi connectivity index (χ0) is 21.1. The monoisotopic (exact) mass is 410 g/mol. The molecule has 8 nitrogen and oxygen atoms in total. The summed E-state index contributed by atoms with van der Waals surface area (Å²) in [5.41, 5.74) is 1.83. The fourth-order valence-corrected chi connectivity index (χ4v) is 3.66. The molecule has 2 amide bonds. The van der Waals surface area contributed by atoms with Crippen LogP contribution >= 0.6 is 0 Å². The summed E-state index contributed by atoms with van der Waals surface area (Å²) in [6.07, 6.45) is 6.23. The van der Waals surface area contributed by atoms with E-state index in [2.05, 4.69) is 20.6 Å². The van der Waals surface area contributed by atoms with E-state index in [0.29, 0.717) is 61.2 Å². The van der Waals surface area contributed by atoms with Gasteiger partial charge in [-0.05, 0) is 25.0 Å². The van der Waals surface area contributed by atoms with E-state index < -0.39 is 5.82 Å². The molecule has 2 aromatic heterocycles. The number of aromatic nitrogens is 4. The van der Waals surface area contributed by atoms with Crippen molar-refractivity contribution in [3.63, 3.8) is 0 Å². The number of aromatic amines is 1. The van der Waals surface area contributed by atoms with E-state index in [1.807, 2.05) is 13.0 Å². The summed E-state index contributed by atoms with van der Waals surface area (Å²) < 4.78 is 16.9. The molecular formula is C21H23FN6O2. The molecule has 1 aromatic carbocycles. The normalized spacial score (nSPS) is 14.1. The molecule has 0 atom stereocenters. The van der Waals surface area contributed by atoms with Crippen LogP contribution in [0.3, 0.4) is 0 Å². The lowest BCUT2D eigenvalue weighted by Crippen LogP contribution is -2.36. The lowest BCUT2D eigenvalue weighted by atomic mass is 9.99. The van der Waals surface area contributed by atoms with Crippen molar-refractivity contribution in [2.75, 3.05) is 19.6 Å². The van der Waals surface area contributed by atoms with Gasteiger partial charge in [-0.2, -0.15) is 0 Å². The molecule has 0 bridgehead atoms. The Morgan fingerprint density at radius 3 is 2.97 bits per heavy atom. The highest BCUT2D eigenvalue weighted by Crippen LogP contribution is 2.29. The lowest BCUT2D eigenvalue weighted by molar-refractivity contribution is -0.131. The van der Waals surface area contributed by atoms with Gasteiger partial charge in [0.05, 0.1) is 18.3 Å². The van der Waals surface area contributed by atoms with Gasteiger partial charge in [0, 0.05) is 43.2 Å². The van der Waals surface area contributed by atoms with Crippen molar-refractivity contribution in [1.82, 2.24) is 30.2 Å². The van der Waals surface area contributed by atoms with Crippen molar-refractivity contribution in [1.29, 1.82) is 0 Å². The van der Waals surface area contributed by atoms with Gasteiger partial charge in [0.25, 0.3) is 5.91 Å². The summed E-state index contributed by atoms with van der Waals surface area (Å²) in [5.74, 6) is -0.683. The van der Waals surface area contributed by atoms with E-state index in [1.165, 1.54) is 0 Å². The molecule has 156 valence electrons. The van der Waals surface area contributed by atoms with Crippen molar-refractivity contribution in [2.45, 2.75) is 26.3 Å². The summed E-state index contributed by atoms with van der Waals surface area (Å²) >= 11 is 0. The smallest absolute Gasteiger partial charge is 0.267 e. The van der Waals surface area contributed by atoms with Crippen LogP contribution in [0.15, 0.2) is 36.7 Å². The third-order valence-corrected chi connectivity index (χ3v) is 5.19. The van der Waals surface area contributed by atoms with Gasteiger partial charge in [0.1, 0.15) is 5.69 Å². The maximum atomic E-state index is 15.3. The van der Waals surface area contributed by atoms with Gasteiger partial charge in [-0.25, -0.2) is 4.39 Å². The van der Waals surface area contributed by atoms with Crippen LogP contribution in [0.2, 0.25) is 0 Å². The first-order valence-electron chi connectivity index (χ1n) is 9.97. The molecule has 1 aliphatic heterocycles.